The maximum absolute atomic E-state index is 12.9. The summed E-state index contributed by atoms with van der Waals surface area (Å²) in [5.41, 5.74) is -1.57. The van der Waals surface area contributed by atoms with E-state index in [0.29, 0.717) is 16.4 Å². The van der Waals surface area contributed by atoms with Crippen LogP contribution in [-0.4, -0.2) is 25.8 Å². The fourth-order valence-corrected chi connectivity index (χ4v) is 1.59. The molecule has 0 aliphatic carbocycles. The summed E-state index contributed by atoms with van der Waals surface area (Å²) in [7, 11) is 0. The normalized spacial score (nSPS) is 11.6. The Bertz CT molecular complexity index is 634. The Morgan fingerprint density at radius 1 is 1.42 bits per heavy atom. The molecule has 0 radical (unpaired) electrons. The van der Waals surface area contributed by atoms with Gasteiger partial charge in [-0.25, -0.2) is 14.5 Å². The SMILES string of the molecule is Cc1ccnc(-n2ncc(C(=O)O)c2C(F)(F)F)c1. The number of aromatic carboxylic acids is 1. The van der Waals surface area contributed by atoms with Crippen LogP contribution in [0.2, 0.25) is 0 Å². The topological polar surface area (TPSA) is 68.0 Å². The average Bonchev–Trinajstić information content (AvgIpc) is 2.73. The predicted octanol–water partition coefficient (Wildman–Crippen LogP) is 2.29. The van der Waals surface area contributed by atoms with Crippen molar-refractivity contribution in [1.82, 2.24) is 14.8 Å². The number of aromatic nitrogens is 3. The van der Waals surface area contributed by atoms with Crippen LogP contribution < -0.4 is 0 Å². The monoisotopic (exact) mass is 271 g/mol. The van der Waals surface area contributed by atoms with E-state index < -0.39 is 23.4 Å². The van der Waals surface area contributed by atoms with E-state index >= 15 is 0 Å². The second kappa shape index (κ2) is 4.38. The number of carboxylic acids is 1. The molecule has 2 aromatic rings. The van der Waals surface area contributed by atoms with E-state index in [9.17, 15) is 18.0 Å². The first-order chi connectivity index (χ1) is 8.80. The fourth-order valence-electron chi connectivity index (χ4n) is 1.59. The summed E-state index contributed by atoms with van der Waals surface area (Å²) in [6.07, 6.45) is -2.85. The van der Waals surface area contributed by atoms with Crippen LogP contribution in [-0.2, 0) is 6.18 Å². The number of hydrogen-bond donors (Lipinski definition) is 1. The van der Waals surface area contributed by atoms with Gasteiger partial charge in [0.1, 0.15) is 5.56 Å². The quantitative estimate of drug-likeness (QED) is 0.909. The number of carbonyl (C=O) groups is 1. The highest BCUT2D eigenvalue weighted by atomic mass is 19.4. The van der Waals surface area contributed by atoms with Crippen molar-refractivity contribution in [2.75, 3.05) is 0 Å². The van der Waals surface area contributed by atoms with Crippen molar-refractivity contribution < 1.29 is 23.1 Å². The van der Waals surface area contributed by atoms with Crippen molar-refractivity contribution in [3.8, 4) is 5.82 Å². The van der Waals surface area contributed by atoms with Crippen molar-refractivity contribution >= 4 is 5.97 Å². The number of pyridine rings is 1. The molecule has 0 saturated heterocycles. The third-order valence-corrected chi connectivity index (χ3v) is 2.39. The first-order valence-electron chi connectivity index (χ1n) is 5.12. The maximum atomic E-state index is 12.9. The summed E-state index contributed by atoms with van der Waals surface area (Å²) in [5, 5.41) is 12.2. The Kier molecular flexibility index (Phi) is 3.01. The van der Waals surface area contributed by atoms with E-state index in [2.05, 4.69) is 10.1 Å². The van der Waals surface area contributed by atoms with E-state index in [-0.39, 0.29) is 5.82 Å². The van der Waals surface area contributed by atoms with Crippen LogP contribution in [0.1, 0.15) is 21.6 Å². The lowest BCUT2D eigenvalue weighted by atomic mass is 10.2. The van der Waals surface area contributed by atoms with Gasteiger partial charge in [-0.3, -0.25) is 0 Å². The average molecular weight is 271 g/mol. The lowest BCUT2D eigenvalue weighted by Gasteiger charge is -2.11. The predicted molar refractivity (Wildman–Crippen MR) is 58.1 cm³/mol. The van der Waals surface area contributed by atoms with Gasteiger partial charge in [-0.2, -0.15) is 18.3 Å². The number of halogens is 3. The fraction of sp³-hybridized carbons (Fsp3) is 0.182. The zero-order chi connectivity index (χ0) is 14.2. The molecule has 5 nitrogen and oxygen atoms in total. The lowest BCUT2D eigenvalue weighted by molar-refractivity contribution is -0.143. The van der Waals surface area contributed by atoms with Crippen molar-refractivity contribution in [3.63, 3.8) is 0 Å². The Hall–Kier alpha value is -2.38. The van der Waals surface area contributed by atoms with Crippen LogP contribution in [0.3, 0.4) is 0 Å². The molecule has 1 N–H and O–H groups in total. The van der Waals surface area contributed by atoms with E-state index in [1.54, 1.807) is 13.0 Å². The van der Waals surface area contributed by atoms with Crippen LogP contribution in [0.25, 0.3) is 5.82 Å². The van der Waals surface area contributed by atoms with E-state index in [1.165, 1.54) is 12.3 Å². The summed E-state index contributed by atoms with van der Waals surface area (Å²) in [4.78, 5) is 14.6. The van der Waals surface area contributed by atoms with Gasteiger partial charge in [-0.1, -0.05) is 0 Å². The molecule has 0 bridgehead atoms. The molecule has 0 aromatic carbocycles. The van der Waals surface area contributed by atoms with Gasteiger partial charge in [-0.15, -0.1) is 0 Å². The number of hydrogen-bond acceptors (Lipinski definition) is 3. The number of nitrogens with zero attached hydrogens (tertiary/aromatic N) is 3. The third kappa shape index (κ3) is 2.42. The molecule has 0 aliphatic rings. The number of rotatable bonds is 2. The van der Waals surface area contributed by atoms with Crippen LogP contribution >= 0.6 is 0 Å². The molecule has 2 aromatic heterocycles. The Morgan fingerprint density at radius 3 is 2.63 bits per heavy atom. The van der Waals surface area contributed by atoms with Crippen LogP contribution in [0.4, 0.5) is 13.2 Å². The zero-order valence-electron chi connectivity index (χ0n) is 9.64. The number of carboxylic acid groups (broad SMARTS) is 1. The minimum Gasteiger partial charge on any atom is -0.478 e. The summed E-state index contributed by atoms with van der Waals surface area (Å²) in [5.74, 6) is -1.77. The molecule has 100 valence electrons. The zero-order valence-corrected chi connectivity index (χ0v) is 9.64. The van der Waals surface area contributed by atoms with E-state index in [4.69, 9.17) is 5.11 Å². The highest BCUT2D eigenvalue weighted by Gasteiger charge is 2.40. The van der Waals surface area contributed by atoms with Crippen molar-refractivity contribution in [2.24, 2.45) is 0 Å². The van der Waals surface area contributed by atoms with Crippen molar-refractivity contribution in [3.05, 3.63) is 41.3 Å². The Morgan fingerprint density at radius 2 is 2.11 bits per heavy atom. The Labute approximate surface area is 105 Å². The first-order valence-corrected chi connectivity index (χ1v) is 5.12. The highest BCUT2D eigenvalue weighted by molar-refractivity contribution is 5.89. The molecule has 0 saturated carbocycles. The lowest BCUT2D eigenvalue weighted by Crippen LogP contribution is -2.18. The van der Waals surface area contributed by atoms with E-state index in [0.717, 1.165) is 0 Å². The summed E-state index contributed by atoms with van der Waals surface area (Å²) >= 11 is 0. The van der Waals surface area contributed by atoms with Crippen molar-refractivity contribution in [2.45, 2.75) is 13.1 Å². The first kappa shape index (κ1) is 13.1. The van der Waals surface area contributed by atoms with Crippen LogP contribution in [0, 0.1) is 6.92 Å². The summed E-state index contributed by atoms with van der Waals surface area (Å²) in [6.45, 7) is 1.68. The minimum atomic E-state index is -4.84. The molecule has 0 spiro atoms. The van der Waals surface area contributed by atoms with Gasteiger partial charge in [0.25, 0.3) is 0 Å². The molecule has 0 unspecified atom stereocenters. The van der Waals surface area contributed by atoms with Crippen LogP contribution in [0.5, 0.6) is 0 Å². The summed E-state index contributed by atoms with van der Waals surface area (Å²) in [6, 6.07) is 2.99. The molecule has 0 fully saturated rings. The molecular weight excluding hydrogens is 263 g/mol. The van der Waals surface area contributed by atoms with Crippen molar-refractivity contribution in [1.29, 1.82) is 0 Å². The van der Waals surface area contributed by atoms with Gasteiger partial charge in [0.05, 0.1) is 6.20 Å². The van der Waals surface area contributed by atoms with Gasteiger partial charge in [0, 0.05) is 6.20 Å². The van der Waals surface area contributed by atoms with Gasteiger partial charge < -0.3 is 5.11 Å². The molecule has 8 heteroatoms. The second-order valence-electron chi connectivity index (χ2n) is 3.81. The molecular formula is C11H8F3N3O2. The third-order valence-electron chi connectivity index (χ3n) is 2.39. The molecule has 2 rings (SSSR count). The second-order valence-corrected chi connectivity index (χ2v) is 3.81. The molecule has 0 atom stereocenters. The number of alkyl halides is 3. The molecule has 19 heavy (non-hydrogen) atoms. The number of aryl methyl sites for hydroxylation is 1. The molecule has 0 amide bonds. The molecule has 0 aliphatic heterocycles. The van der Waals surface area contributed by atoms with Gasteiger partial charge in [0.15, 0.2) is 11.5 Å². The largest absolute Gasteiger partial charge is 0.478 e. The van der Waals surface area contributed by atoms with Gasteiger partial charge >= 0.3 is 12.1 Å². The summed E-state index contributed by atoms with van der Waals surface area (Å²) < 4.78 is 39.3. The smallest absolute Gasteiger partial charge is 0.434 e. The van der Waals surface area contributed by atoms with E-state index in [1.807, 2.05) is 0 Å². The molecule has 2 heterocycles. The van der Waals surface area contributed by atoms with Crippen LogP contribution in [0.15, 0.2) is 24.5 Å². The maximum Gasteiger partial charge on any atom is 0.434 e. The standard InChI is InChI=1S/C11H8F3N3O2/c1-6-2-3-15-8(4-6)17-9(11(12,13)14)7(5-16-17)10(18)19/h2-5H,1H3,(H,18,19). The Balaban J connectivity index is 2.68. The van der Waals surface area contributed by atoms with Gasteiger partial charge in [-0.05, 0) is 24.6 Å². The van der Waals surface area contributed by atoms with Gasteiger partial charge in [0.2, 0.25) is 0 Å². The highest BCUT2D eigenvalue weighted by Crippen LogP contribution is 2.33. The minimum absolute atomic E-state index is 0.0835.